The number of carbonyl (C=O) groups is 1. The predicted octanol–water partition coefficient (Wildman–Crippen LogP) is 4.96. The average Bonchev–Trinajstić information content (AvgIpc) is 2.74. The van der Waals surface area contributed by atoms with Crippen molar-refractivity contribution >= 4 is 23.2 Å². The summed E-state index contributed by atoms with van der Waals surface area (Å²) in [5, 5.41) is 3.61. The second-order valence-corrected chi connectivity index (χ2v) is 7.95. The molecule has 1 heterocycles. The van der Waals surface area contributed by atoms with Crippen LogP contribution in [0.5, 0.6) is 11.5 Å². The van der Waals surface area contributed by atoms with Crippen LogP contribution in [0.4, 0.5) is 5.69 Å². The highest BCUT2D eigenvalue weighted by Gasteiger charge is 2.22. The first-order valence-electron chi connectivity index (χ1n) is 9.73. The molecule has 5 nitrogen and oxygen atoms in total. The minimum Gasteiger partial charge on any atom is -0.486 e. The minimum absolute atomic E-state index is 0.00732. The highest BCUT2D eigenvalue weighted by Crippen LogP contribution is 2.34. The second kappa shape index (κ2) is 8.78. The lowest BCUT2D eigenvalue weighted by Crippen LogP contribution is -2.38. The number of hydrogen-bond donors (Lipinski definition) is 1. The molecular formula is C24H23ClN2O3. The van der Waals surface area contributed by atoms with E-state index in [9.17, 15) is 4.79 Å². The first-order chi connectivity index (χ1) is 14.5. The van der Waals surface area contributed by atoms with E-state index in [-0.39, 0.29) is 12.0 Å². The van der Waals surface area contributed by atoms with Gasteiger partial charge in [-0.15, -0.1) is 0 Å². The fraction of sp³-hybridized carbons (Fsp3) is 0.208. The molecule has 1 amide bonds. The van der Waals surface area contributed by atoms with Crippen LogP contribution in [0.15, 0.2) is 66.7 Å². The Morgan fingerprint density at radius 3 is 2.33 bits per heavy atom. The fourth-order valence-electron chi connectivity index (χ4n) is 3.35. The third-order valence-electron chi connectivity index (χ3n) is 4.81. The zero-order valence-corrected chi connectivity index (χ0v) is 17.6. The minimum atomic E-state index is -0.181. The van der Waals surface area contributed by atoms with Gasteiger partial charge in [-0.2, -0.15) is 0 Å². The smallest absolute Gasteiger partial charge is 0.255 e. The van der Waals surface area contributed by atoms with E-state index >= 15 is 0 Å². The SMILES string of the molecule is CN(C)CC1COc2cc(NC(=O)c3ccc(-c4ccc(Cl)cc4)cc3)ccc2O1. The summed E-state index contributed by atoms with van der Waals surface area (Å²) in [4.78, 5) is 14.7. The van der Waals surface area contributed by atoms with Crippen LogP contribution in [0.2, 0.25) is 5.02 Å². The maximum Gasteiger partial charge on any atom is 0.255 e. The number of anilines is 1. The molecule has 0 fully saturated rings. The number of fused-ring (bicyclic) bond motifs is 1. The molecule has 3 aromatic rings. The molecule has 0 radical (unpaired) electrons. The summed E-state index contributed by atoms with van der Waals surface area (Å²) in [6.45, 7) is 1.26. The fourth-order valence-corrected chi connectivity index (χ4v) is 3.48. The van der Waals surface area contributed by atoms with Crippen molar-refractivity contribution in [2.45, 2.75) is 6.10 Å². The van der Waals surface area contributed by atoms with E-state index in [0.717, 1.165) is 17.7 Å². The number of nitrogens with one attached hydrogen (secondary N) is 1. The van der Waals surface area contributed by atoms with Crippen molar-refractivity contribution in [1.29, 1.82) is 0 Å². The summed E-state index contributed by atoms with van der Waals surface area (Å²) < 4.78 is 11.8. The Morgan fingerprint density at radius 1 is 1.00 bits per heavy atom. The van der Waals surface area contributed by atoms with E-state index in [2.05, 4.69) is 10.2 Å². The zero-order chi connectivity index (χ0) is 21.1. The van der Waals surface area contributed by atoms with E-state index in [1.54, 1.807) is 6.07 Å². The summed E-state index contributed by atoms with van der Waals surface area (Å²) in [6.07, 6.45) is -0.00732. The number of carbonyl (C=O) groups excluding carboxylic acids is 1. The van der Waals surface area contributed by atoms with Gasteiger partial charge in [0.1, 0.15) is 12.7 Å². The summed E-state index contributed by atoms with van der Waals surface area (Å²) in [7, 11) is 4.00. The van der Waals surface area contributed by atoms with Gasteiger partial charge in [-0.1, -0.05) is 35.9 Å². The number of ether oxygens (including phenoxy) is 2. The van der Waals surface area contributed by atoms with Crippen molar-refractivity contribution in [3.63, 3.8) is 0 Å². The molecule has 3 aromatic carbocycles. The molecule has 1 N–H and O–H groups in total. The number of hydrogen-bond acceptors (Lipinski definition) is 4. The predicted molar refractivity (Wildman–Crippen MR) is 120 cm³/mol. The highest BCUT2D eigenvalue weighted by molar-refractivity contribution is 6.30. The lowest BCUT2D eigenvalue weighted by atomic mass is 10.0. The molecule has 0 saturated carbocycles. The van der Waals surface area contributed by atoms with Crippen molar-refractivity contribution < 1.29 is 14.3 Å². The number of amides is 1. The molecule has 0 saturated heterocycles. The maximum absolute atomic E-state index is 12.6. The van der Waals surface area contributed by atoms with Crippen LogP contribution in [-0.4, -0.2) is 44.2 Å². The molecule has 0 aromatic heterocycles. The first kappa shape index (κ1) is 20.3. The van der Waals surface area contributed by atoms with E-state index in [1.807, 2.05) is 74.8 Å². The van der Waals surface area contributed by atoms with Gasteiger partial charge in [0, 0.05) is 28.9 Å². The van der Waals surface area contributed by atoms with Crippen LogP contribution in [-0.2, 0) is 0 Å². The maximum atomic E-state index is 12.6. The van der Waals surface area contributed by atoms with Gasteiger partial charge in [0.05, 0.1) is 0 Å². The molecule has 4 rings (SSSR count). The van der Waals surface area contributed by atoms with Gasteiger partial charge in [0.25, 0.3) is 5.91 Å². The number of likely N-dealkylation sites (N-methyl/N-ethyl adjacent to an activating group) is 1. The van der Waals surface area contributed by atoms with Crippen molar-refractivity contribution in [2.75, 3.05) is 32.6 Å². The molecule has 1 aliphatic rings. The summed E-state index contributed by atoms with van der Waals surface area (Å²) in [6, 6.07) is 20.5. The molecule has 0 aliphatic carbocycles. The highest BCUT2D eigenvalue weighted by atomic mass is 35.5. The number of halogens is 1. The molecule has 154 valence electrons. The lowest BCUT2D eigenvalue weighted by molar-refractivity contribution is 0.0711. The van der Waals surface area contributed by atoms with Gasteiger partial charge in [-0.3, -0.25) is 4.79 Å². The van der Waals surface area contributed by atoms with Gasteiger partial charge in [0.15, 0.2) is 11.5 Å². The topological polar surface area (TPSA) is 50.8 Å². The van der Waals surface area contributed by atoms with Crippen molar-refractivity contribution in [1.82, 2.24) is 4.90 Å². The summed E-state index contributed by atoms with van der Waals surface area (Å²) in [5.74, 6) is 1.15. The second-order valence-electron chi connectivity index (χ2n) is 7.51. The van der Waals surface area contributed by atoms with Gasteiger partial charge in [-0.25, -0.2) is 0 Å². The van der Waals surface area contributed by atoms with Gasteiger partial charge < -0.3 is 19.7 Å². The van der Waals surface area contributed by atoms with E-state index in [1.165, 1.54) is 0 Å². The van der Waals surface area contributed by atoms with Crippen molar-refractivity contribution in [3.8, 4) is 22.6 Å². The third kappa shape index (κ3) is 4.75. The normalized spacial score (nSPS) is 15.1. The number of rotatable bonds is 5. The van der Waals surface area contributed by atoms with Gasteiger partial charge in [-0.05, 0) is 61.6 Å². The largest absolute Gasteiger partial charge is 0.486 e. The lowest BCUT2D eigenvalue weighted by Gasteiger charge is -2.28. The Hall–Kier alpha value is -3.02. The summed E-state index contributed by atoms with van der Waals surface area (Å²) >= 11 is 5.94. The van der Waals surface area contributed by atoms with Crippen LogP contribution in [0.1, 0.15) is 10.4 Å². The van der Waals surface area contributed by atoms with Crippen LogP contribution >= 0.6 is 11.6 Å². The van der Waals surface area contributed by atoms with Crippen molar-refractivity contribution in [2.24, 2.45) is 0 Å². The van der Waals surface area contributed by atoms with Crippen LogP contribution in [0.3, 0.4) is 0 Å². The Morgan fingerprint density at radius 2 is 1.67 bits per heavy atom. The first-order valence-corrected chi connectivity index (χ1v) is 10.1. The summed E-state index contributed by atoms with van der Waals surface area (Å²) in [5.41, 5.74) is 3.31. The molecule has 1 atom stereocenters. The monoisotopic (exact) mass is 422 g/mol. The Bertz CT molecular complexity index is 1030. The molecule has 0 bridgehead atoms. The third-order valence-corrected chi connectivity index (χ3v) is 5.07. The van der Waals surface area contributed by atoms with Crippen LogP contribution in [0.25, 0.3) is 11.1 Å². The quantitative estimate of drug-likeness (QED) is 0.631. The molecular weight excluding hydrogens is 400 g/mol. The standard InChI is InChI=1S/C24H23ClN2O3/c1-27(2)14-21-15-29-23-13-20(11-12-22(23)30-21)26-24(28)18-5-3-16(4-6-18)17-7-9-19(25)10-8-17/h3-13,21H,14-15H2,1-2H3,(H,26,28). The number of nitrogens with zero attached hydrogens (tertiary/aromatic N) is 1. The van der Waals surface area contributed by atoms with Crippen LogP contribution in [0, 0.1) is 0 Å². The van der Waals surface area contributed by atoms with E-state index in [4.69, 9.17) is 21.1 Å². The molecule has 1 aliphatic heterocycles. The molecule has 30 heavy (non-hydrogen) atoms. The van der Waals surface area contributed by atoms with E-state index in [0.29, 0.717) is 34.4 Å². The van der Waals surface area contributed by atoms with Crippen molar-refractivity contribution in [3.05, 3.63) is 77.3 Å². The zero-order valence-electron chi connectivity index (χ0n) is 16.9. The average molecular weight is 423 g/mol. The molecule has 1 unspecified atom stereocenters. The Labute approximate surface area is 181 Å². The Kier molecular flexibility index (Phi) is 5.93. The van der Waals surface area contributed by atoms with Crippen LogP contribution < -0.4 is 14.8 Å². The van der Waals surface area contributed by atoms with Gasteiger partial charge >= 0.3 is 0 Å². The molecule has 0 spiro atoms. The number of benzene rings is 3. The van der Waals surface area contributed by atoms with E-state index < -0.39 is 0 Å². The Balaban J connectivity index is 1.42. The molecule has 6 heteroatoms. The van der Waals surface area contributed by atoms with Gasteiger partial charge in [0.2, 0.25) is 0 Å².